The first-order chi connectivity index (χ1) is 13.2. The Hall–Kier alpha value is -1.06. The molecule has 28 heavy (non-hydrogen) atoms. The Bertz CT molecular complexity index is 542. The predicted molar refractivity (Wildman–Crippen MR) is 127 cm³/mol. The molecule has 0 aliphatic heterocycles. The van der Waals surface area contributed by atoms with Gasteiger partial charge in [0.05, 0.1) is 13.2 Å². The number of hydrogen-bond donors (Lipinski definition) is 2. The summed E-state index contributed by atoms with van der Waals surface area (Å²) in [4.78, 5) is 4.71. The van der Waals surface area contributed by atoms with Crippen molar-refractivity contribution in [2.45, 2.75) is 46.6 Å². The van der Waals surface area contributed by atoms with E-state index in [2.05, 4.69) is 42.7 Å². The van der Waals surface area contributed by atoms with Crippen molar-refractivity contribution < 1.29 is 14.2 Å². The van der Waals surface area contributed by atoms with Crippen LogP contribution in [0, 0.1) is 6.92 Å². The lowest BCUT2D eigenvalue weighted by molar-refractivity contribution is 0.110. The van der Waals surface area contributed by atoms with E-state index < -0.39 is 0 Å². The number of hydrogen-bond acceptors (Lipinski definition) is 4. The summed E-state index contributed by atoms with van der Waals surface area (Å²) in [6.45, 7) is 11.1. The molecule has 0 fully saturated rings. The molecule has 0 saturated heterocycles. The molecule has 0 bridgehead atoms. The maximum absolute atomic E-state index is 5.90. The standard InChI is InChI=1S/C21H37N3O3.HI/c1-5-22-21(23-12-8-7-9-13-25-4)24-17-19-11-10-18(3)16-20(19)27-15-14-26-6-2;/h10-11,16H,5-9,12-15,17H2,1-4H3,(H2,22,23,24);1H. The molecule has 0 aromatic heterocycles. The van der Waals surface area contributed by atoms with E-state index in [0.29, 0.717) is 26.4 Å². The van der Waals surface area contributed by atoms with E-state index >= 15 is 0 Å². The minimum absolute atomic E-state index is 0. The molecule has 0 aliphatic rings. The van der Waals surface area contributed by atoms with Crippen molar-refractivity contribution >= 4 is 29.9 Å². The van der Waals surface area contributed by atoms with E-state index in [4.69, 9.17) is 19.2 Å². The SMILES string of the molecule is CCNC(=NCc1ccc(C)cc1OCCOCC)NCCCCCOC.I. The summed E-state index contributed by atoms with van der Waals surface area (Å²) in [5, 5.41) is 6.69. The van der Waals surface area contributed by atoms with Crippen molar-refractivity contribution in [1.29, 1.82) is 0 Å². The summed E-state index contributed by atoms with van der Waals surface area (Å²) in [5.74, 6) is 1.72. The zero-order valence-electron chi connectivity index (χ0n) is 17.9. The normalized spacial score (nSPS) is 11.1. The number of nitrogens with zero attached hydrogens (tertiary/aromatic N) is 1. The largest absolute Gasteiger partial charge is 0.491 e. The Morgan fingerprint density at radius 1 is 1.04 bits per heavy atom. The third kappa shape index (κ3) is 12.4. The van der Waals surface area contributed by atoms with Gasteiger partial charge in [0.2, 0.25) is 0 Å². The van der Waals surface area contributed by atoms with Crippen LogP contribution in [0.1, 0.15) is 44.2 Å². The van der Waals surface area contributed by atoms with Gasteiger partial charge in [0, 0.05) is 39.0 Å². The van der Waals surface area contributed by atoms with Crippen molar-refractivity contribution in [3.8, 4) is 5.75 Å². The van der Waals surface area contributed by atoms with Crippen LogP contribution in [0.3, 0.4) is 0 Å². The first-order valence-electron chi connectivity index (χ1n) is 10.0. The molecule has 2 N–H and O–H groups in total. The second-order valence-corrected chi connectivity index (χ2v) is 6.33. The average molecular weight is 507 g/mol. The fraction of sp³-hybridized carbons (Fsp3) is 0.667. The average Bonchev–Trinajstić information content (AvgIpc) is 2.67. The quantitative estimate of drug-likeness (QED) is 0.173. The van der Waals surface area contributed by atoms with Crippen LogP contribution >= 0.6 is 24.0 Å². The van der Waals surface area contributed by atoms with Gasteiger partial charge in [-0.2, -0.15) is 0 Å². The van der Waals surface area contributed by atoms with Gasteiger partial charge in [-0.3, -0.25) is 0 Å². The molecule has 6 nitrogen and oxygen atoms in total. The summed E-state index contributed by atoms with van der Waals surface area (Å²) in [6.07, 6.45) is 3.35. The molecule has 1 aromatic carbocycles. The molecule has 0 radical (unpaired) electrons. The zero-order chi connectivity index (χ0) is 19.7. The molecule has 0 spiro atoms. The summed E-state index contributed by atoms with van der Waals surface area (Å²) in [5.41, 5.74) is 2.25. The maximum atomic E-state index is 5.90. The summed E-state index contributed by atoms with van der Waals surface area (Å²) in [6, 6.07) is 6.24. The fourth-order valence-electron chi connectivity index (χ4n) is 2.54. The van der Waals surface area contributed by atoms with Gasteiger partial charge < -0.3 is 24.8 Å². The number of unbranched alkanes of at least 4 members (excludes halogenated alkanes) is 2. The summed E-state index contributed by atoms with van der Waals surface area (Å²) < 4.78 is 16.3. The number of nitrogens with one attached hydrogen (secondary N) is 2. The van der Waals surface area contributed by atoms with Gasteiger partial charge in [0.1, 0.15) is 12.4 Å². The van der Waals surface area contributed by atoms with Crippen LogP contribution in [0.5, 0.6) is 5.75 Å². The molecule has 7 heteroatoms. The second-order valence-electron chi connectivity index (χ2n) is 6.33. The van der Waals surface area contributed by atoms with E-state index in [0.717, 1.165) is 56.2 Å². The van der Waals surface area contributed by atoms with E-state index in [1.54, 1.807) is 7.11 Å². The van der Waals surface area contributed by atoms with Crippen molar-refractivity contribution in [2.75, 3.05) is 46.6 Å². The van der Waals surface area contributed by atoms with Crippen LogP contribution in [0.15, 0.2) is 23.2 Å². The lowest BCUT2D eigenvalue weighted by Gasteiger charge is -2.14. The number of guanidine groups is 1. The highest BCUT2D eigenvalue weighted by atomic mass is 127. The smallest absolute Gasteiger partial charge is 0.191 e. The molecule has 0 atom stereocenters. The molecule has 0 unspecified atom stereocenters. The van der Waals surface area contributed by atoms with Crippen LogP contribution in [0.25, 0.3) is 0 Å². The number of benzene rings is 1. The van der Waals surface area contributed by atoms with Crippen LogP contribution in [0.4, 0.5) is 0 Å². The molecule has 0 heterocycles. The molecule has 0 amide bonds. The summed E-state index contributed by atoms with van der Waals surface area (Å²) >= 11 is 0. The van der Waals surface area contributed by atoms with Gasteiger partial charge in [-0.15, -0.1) is 24.0 Å². The molecule has 0 saturated carbocycles. The molecule has 1 aromatic rings. The lowest BCUT2D eigenvalue weighted by Crippen LogP contribution is -2.37. The third-order valence-corrected chi connectivity index (χ3v) is 3.98. The van der Waals surface area contributed by atoms with Crippen molar-refractivity contribution in [1.82, 2.24) is 10.6 Å². The first-order valence-corrected chi connectivity index (χ1v) is 10.0. The first kappa shape index (κ1) is 26.9. The van der Waals surface area contributed by atoms with Crippen molar-refractivity contribution in [3.63, 3.8) is 0 Å². The van der Waals surface area contributed by atoms with E-state index in [1.807, 2.05) is 6.92 Å². The highest BCUT2D eigenvalue weighted by Crippen LogP contribution is 2.21. The molecule has 0 aliphatic carbocycles. The van der Waals surface area contributed by atoms with Crippen LogP contribution in [0.2, 0.25) is 0 Å². The third-order valence-electron chi connectivity index (χ3n) is 3.98. The molecular weight excluding hydrogens is 469 g/mol. The minimum atomic E-state index is 0. The van der Waals surface area contributed by atoms with Crippen LogP contribution < -0.4 is 15.4 Å². The van der Waals surface area contributed by atoms with Gasteiger partial charge in [0.15, 0.2) is 5.96 Å². The van der Waals surface area contributed by atoms with Gasteiger partial charge >= 0.3 is 0 Å². The Kier molecular flexibility index (Phi) is 17.3. The molecule has 162 valence electrons. The number of rotatable bonds is 14. The Morgan fingerprint density at radius 2 is 1.86 bits per heavy atom. The van der Waals surface area contributed by atoms with Crippen LogP contribution in [-0.4, -0.2) is 52.6 Å². The number of halogens is 1. The minimum Gasteiger partial charge on any atom is -0.491 e. The number of aryl methyl sites for hydroxylation is 1. The van der Waals surface area contributed by atoms with Gasteiger partial charge in [-0.1, -0.05) is 12.1 Å². The Morgan fingerprint density at radius 3 is 2.57 bits per heavy atom. The van der Waals surface area contributed by atoms with Gasteiger partial charge in [-0.05, 0) is 51.7 Å². The van der Waals surface area contributed by atoms with Gasteiger partial charge in [0.25, 0.3) is 0 Å². The van der Waals surface area contributed by atoms with Crippen LogP contribution in [-0.2, 0) is 16.0 Å². The van der Waals surface area contributed by atoms with Gasteiger partial charge in [-0.25, -0.2) is 4.99 Å². The highest BCUT2D eigenvalue weighted by molar-refractivity contribution is 14.0. The lowest BCUT2D eigenvalue weighted by atomic mass is 10.1. The summed E-state index contributed by atoms with van der Waals surface area (Å²) in [7, 11) is 1.74. The van der Waals surface area contributed by atoms with Crippen molar-refractivity contribution in [3.05, 3.63) is 29.3 Å². The maximum Gasteiger partial charge on any atom is 0.191 e. The number of methoxy groups -OCH3 is 1. The zero-order valence-corrected chi connectivity index (χ0v) is 20.2. The van der Waals surface area contributed by atoms with E-state index in [9.17, 15) is 0 Å². The number of aliphatic imine (C=N–C) groups is 1. The van der Waals surface area contributed by atoms with E-state index in [-0.39, 0.29) is 24.0 Å². The van der Waals surface area contributed by atoms with Crippen molar-refractivity contribution in [2.24, 2.45) is 4.99 Å². The highest BCUT2D eigenvalue weighted by Gasteiger charge is 2.05. The number of ether oxygens (including phenoxy) is 3. The van der Waals surface area contributed by atoms with E-state index in [1.165, 1.54) is 5.56 Å². The monoisotopic (exact) mass is 507 g/mol. The fourth-order valence-corrected chi connectivity index (χ4v) is 2.54. The topological polar surface area (TPSA) is 64.1 Å². The Labute approximate surface area is 187 Å². The molecule has 1 rings (SSSR count). The second kappa shape index (κ2) is 18.0. The molecular formula is C21H38IN3O3. The predicted octanol–water partition coefficient (Wildman–Crippen LogP) is 3.90. The Balaban J connectivity index is 0.00000729.